The standard InChI is InChI=1S/C12H7Cl2N3/c13-9-3-4-10(14)11(6-9)17-12-8(7-15)2-1-5-16-12/h1-6H,(H,16,17). The fourth-order valence-corrected chi connectivity index (χ4v) is 1.65. The Balaban J connectivity index is 2.38. The van der Waals surface area contributed by atoms with Gasteiger partial charge < -0.3 is 5.32 Å². The van der Waals surface area contributed by atoms with E-state index in [2.05, 4.69) is 10.3 Å². The zero-order chi connectivity index (χ0) is 12.3. The highest BCUT2D eigenvalue weighted by Gasteiger charge is 2.06. The van der Waals surface area contributed by atoms with Gasteiger partial charge in [-0.3, -0.25) is 0 Å². The summed E-state index contributed by atoms with van der Waals surface area (Å²) in [5, 5.41) is 13.0. The van der Waals surface area contributed by atoms with Gasteiger partial charge in [0.1, 0.15) is 11.9 Å². The van der Waals surface area contributed by atoms with Crippen molar-refractivity contribution in [1.29, 1.82) is 5.26 Å². The zero-order valence-corrected chi connectivity index (χ0v) is 10.1. The van der Waals surface area contributed by atoms with Gasteiger partial charge in [-0.1, -0.05) is 23.2 Å². The molecule has 1 N–H and O–H groups in total. The number of anilines is 2. The highest BCUT2D eigenvalue weighted by molar-refractivity contribution is 6.35. The molecule has 1 heterocycles. The minimum absolute atomic E-state index is 0.448. The summed E-state index contributed by atoms with van der Waals surface area (Å²) in [5.74, 6) is 0.458. The maximum Gasteiger partial charge on any atom is 0.148 e. The molecule has 0 aliphatic carbocycles. The first-order chi connectivity index (χ1) is 8.20. The number of rotatable bonds is 2. The third-order valence-electron chi connectivity index (χ3n) is 2.11. The Morgan fingerprint density at radius 1 is 1.24 bits per heavy atom. The number of nitrogens with zero attached hydrogens (tertiary/aromatic N) is 2. The summed E-state index contributed by atoms with van der Waals surface area (Å²) < 4.78 is 0. The molecule has 5 heteroatoms. The number of halogens is 2. The number of aromatic nitrogens is 1. The van der Waals surface area contributed by atoms with Gasteiger partial charge in [-0.2, -0.15) is 5.26 Å². The molecule has 17 heavy (non-hydrogen) atoms. The van der Waals surface area contributed by atoms with Crippen molar-refractivity contribution in [3.8, 4) is 6.07 Å². The molecule has 2 rings (SSSR count). The molecule has 1 aromatic carbocycles. The van der Waals surface area contributed by atoms with Crippen LogP contribution < -0.4 is 5.32 Å². The van der Waals surface area contributed by atoms with E-state index in [-0.39, 0.29) is 0 Å². The zero-order valence-electron chi connectivity index (χ0n) is 8.61. The highest BCUT2D eigenvalue weighted by Crippen LogP contribution is 2.28. The first kappa shape index (κ1) is 11.7. The molecule has 0 amide bonds. The van der Waals surface area contributed by atoms with E-state index < -0.39 is 0 Å². The van der Waals surface area contributed by atoms with Gasteiger partial charge in [0.15, 0.2) is 0 Å². The van der Waals surface area contributed by atoms with Crippen LogP contribution in [0.1, 0.15) is 5.56 Å². The summed E-state index contributed by atoms with van der Waals surface area (Å²) in [6.45, 7) is 0. The number of nitrogens with one attached hydrogen (secondary N) is 1. The molecule has 1 aromatic heterocycles. The van der Waals surface area contributed by atoms with E-state index in [4.69, 9.17) is 28.5 Å². The quantitative estimate of drug-likeness (QED) is 0.891. The highest BCUT2D eigenvalue weighted by atomic mass is 35.5. The summed E-state index contributed by atoms with van der Waals surface area (Å²) in [5.41, 5.74) is 1.07. The van der Waals surface area contributed by atoms with Crippen LogP contribution in [-0.4, -0.2) is 4.98 Å². The van der Waals surface area contributed by atoms with Crippen LogP contribution in [0.3, 0.4) is 0 Å². The van der Waals surface area contributed by atoms with E-state index >= 15 is 0 Å². The predicted octanol–water partition coefficient (Wildman–Crippen LogP) is 4.00. The maximum absolute atomic E-state index is 8.93. The average molecular weight is 264 g/mol. The van der Waals surface area contributed by atoms with Crippen molar-refractivity contribution in [2.45, 2.75) is 0 Å². The number of hydrogen-bond acceptors (Lipinski definition) is 3. The predicted molar refractivity (Wildman–Crippen MR) is 68.7 cm³/mol. The van der Waals surface area contributed by atoms with Gasteiger partial charge in [0.05, 0.1) is 16.3 Å². The van der Waals surface area contributed by atoms with Gasteiger partial charge in [-0.05, 0) is 30.3 Å². The molecule has 0 radical (unpaired) electrons. The van der Waals surface area contributed by atoms with E-state index in [1.54, 1.807) is 36.5 Å². The largest absolute Gasteiger partial charge is 0.338 e. The van der Waals surface area contributed by atoms with Crippen LogP contribution in [0.4, 0.5) is 11.5 Å². The SMILES string of the molecule is N#Cc1cccnc1Nc1cc(Cl)ccc1Cl. The van der Waals surface area contributed by atoms with Crippen LogP contribution in [0.2, 0.25) is 10.0 Å². The molecule has 0 fully saturated rings. The normalized spacial score (nSPS) is 9.71. The smallest absolute Gasteiger partial charge is 0.148 e. The van der Waals surface area contributed by atoms with E-state index in [9.17, 15) is 0 Å². The number of nitriles is 1. The maximum atomic E-state index is 8.93. The molecule has 0 saturated carbocycles. The van der Waals surface area contributed by atoms with Crippen molar-refractivity contribution < 1.29 is 0 Å². The number of hydrogen-bond donors (Lipinski definition) is 1. The van der Waals surface area contributed by atoms with Crippen LogP contribution >= 0.6 is 23.2 Å². The first-order valence-electron chi connectivity index (χ1n) is 4.78. The van der Waals surface area contributed by atoms with Crippen molar-refractivity contribution in [2.75, 3.05) is 5.32 Å². The van der Waals surface area contributed by atoms with Crippen molar-refractivity contribution in [2.24, 2.45) is 0 Å². The van der Waals surface area contributed by atoms with Gasteiger partial charge in [0, 0.05) is 11.2 Å². The van der Waals surface area contributed by atoms with E-state index in [0.717, 1.165) is 0 Å². The molecular formula is C12H7Cl2N3. The second kappa shape index (κ2) is 5.05. The summed E-state index contributed by atoms with van der Waals surface area (Å²) in [6.07, 6.45) is 1.60. The van der Waals surface area contributed by atoms with Gasteiger partial charge in [-0.25, -0.2) is 4.98 Å². The van der Waals surface area contributed by atoms with E-state index in [1.165, 1.54) is 0 Å². The molecule has 0 unspecified atom stereocenters. The van der Waals surface area contributed by atoms with Crippen molar-refractivity contribution in [3.05, 3.63) is 52.1 Å². The molecule has 0 atom stereocenters. The minimum atomic E-state index is 0.448. The Morgan fingerprint density at radius 3 is 2.82 bits per heavy atom. The topological polar surface area (TPSA) is 48.7 Å². The summed E-state index contributed by atoms with van der Waals surface area (Å²) in [7, 11) is 0. The molecule has 0 spiro atoms. The van der Waals surface area contributed by atoms with E-state index in [1.807, 2.05) is 6.07 Å². The van der Waals surface area contributed by atoms with Gasteiger partial charge in [0.25, 0.3) is 0 Å². The lowest BCUT2D eigenvalue weighted by molar-refractivity contribution is 1.28. The van der Waals surface area contributed by atoms with Crippen molar-refractivity contribution in [1.82, 2.24) is 4.98 Å². The Kier molecular flexibility index (Phi) is 3.48. The summed E-state index contributed by atoms with van der Waals surface area (Å²) in [6, 6.07) is 10.5. The Morgan fingerprint density at radius 2 is 2.06 bits per heavy atom. The molecular weight excluding hydrogens is 257 g/mol. The fourth-order valence-electron chi connectivity index (χ4n) is 1.32. The van der Waals surface area contributed by atoms with Crippen LogP contribution in [0, 0.1) is 11.3 Å². The van der Waals surface area contributed by atoms with Crippen LogP contribution in [0.15, 0.2) is 36.5 Å². The number of benzene rings is 1. The number of pyridine rings is 1. The second-order valence-corrected chi connectivity index (χ2v) is 4.10. The first-order valence-corrected chi connectivity index (χ1v) is 5.53. The summed E-state index contributed by atoms with van der Waals surface area (Å²) in [4.78, 5) is 4.08. The van der Waals surface area contributed by atoms with Crippen molar-refractivity contribution in [3.63, 3.8) is 0 Å². The van der Waals surface area contributed by atoms with E-state index in [0.29, 0.717) is 27.1 Å². The molecule has 3 nitrogen and oxygen atoms in total. The second-order valence-electron chi connectivity index (χ2n) is 3.26. The Hall–Kier alpha value is -1.76. The molecule has 0 aliphatic rings. The Bertz CT molecular complexity index is 591. The molecule has 0 aliphatic heterocycles. The van der Waals surface area contributed by atoms with Crippen LogP contribution in [0.5, 0.6) is 0 Å². The fraction of sp³-hybridized carbons (Fsp3) is 0. The van der Waals surface area contributed by atoms with Crippen molar-refractivity contribution >= 4 is 34.7 Å². The monoisotopic (exact) mass is 263 g/mol. The van der Waals surface area contributed by atoms with Crippen LogP contribution in [-0.2, 0) is 0 Å². The Labute approximate surface area is 109 Å². The molecule has 2 aromatic rings. The molecule has 0 bridgehead atoms. The lowest BCUT2D eigenvalue weighted by Gasteiger charge is -2.08. The summed E-state index contributed by atoms with van der Waals surface area (Å²) >= 11 is 11.9. The van der Waals surface area contributed by atoms with Gasteiger partial charge >= 0.3 is 0 Å². The lowest BCUT2D eigenvalue weighted by Crippen LogP contribution is -1.96. The van der Waals surface area contributed by atoms with Crippen LogP contribution in [0.25, 0.3) is 0 Å². The third-order valence-corrected chi connectivity index (χ3v) is 2.67. The lowest BCUT2D eigenvalue weighted by atomic mass is 10.2. The average Bonchev–Trinajstić information content (AvgIpc) is 2.34. The minimum Gasteiger partial charge on any atom is -0.338 e. The third kappa shape index (κ3) is 2.68. The van der Waals surface area contributed by atoms with Gasteiger partial charge in [0.2, 0.25) is 0 Å². The van der Waals surface area contributed by atoms with Gasteiger partial charge in [-0.15, -0.1) is 0 Å². The molecule has 0 saturated heterocycles. The molecule has 84 valence electrons.